The van der Waals surface area contributed by atoms with Crippen molar-refractivity contribution in [3.8, 4) is 0 Å². The van der Waals surface area contributed by atoms with E-state index < -0.39 is 17.3 Å². The number of amides is 1. The second-order valence-corrected chi connectivity index (χ2v) is 6.49. The van der Waals surface area contributed by atoms with Crippen LogP contribution in [0.2, 0.25) is 0 Å². The molecule has 0 bridgehead atoms. The third-order valence-electron chi connectivity index (χ3n) is 3.16. The highest BCUT2D eigenvalue weighted by molar-refractivity contribution is 9.10. The average Bonchev–Trinajstić information content (AvgIpc) is 2.92. The molecule has 0 saturated heterocycles. The molecule has 3 nitrogen and oxygen atoms in total. The molecular weight excluding hydrogens is 343 g/mol. The van der Waals surface area contributed by atoms with Crippen LogP contribution in [0, 0.1) is 5.82 Å². The molecule has 1 aromatic heterocycles. The molecule has 0 radical (unpaired) electrons. The first kappa shape index (κ1) is 15.2. The number of benzene rings is 1. The fourth-order valence-corrected chi connectivity index (χ4v) is 2.88. The second kappa shape index (κ2) is 6.03. The van der Waals surface area contributed by atoms with Gasteiger partial charge < -0.3 is 5.73 Å². The SMILES string of the molecule is CC(NCc1cccs1)(C(N)=O)c1cc(Br)ccc1F. The topological polar surface area (TPSA) is 55.1 Å². The number of rotatable bonds is 5. The highest BCUT2D eigenvalue weighted by Gasteiger charge is 2.35. The monoisotopic (exact) mass is 356 g/mol. The summed E-state index contributed by atoms with van der Waals surface area (Å²) in [5.74, 6) is -1.08. The van der Waals surface area contributed by atoms with Gasteiger partial charge in [0, 0.05) is 21.5 Å². The third kappa shape index (κ3) is 3.08. The minimum absolute atomic E-state index is 0.232. The van der Waals surface area contributed by atoms with Gasteiger partial charge in [-0.1, -0.05) is 22.0 Å². The number of nitrogens with two attached hydrogens (primary N) is 1. The summed E-state index contributed by atoms with van der Waals surface area (Å²) in [6.45, 7) is 2.04. The molecular formula is C14H14BrFN2OS. The van der Waals surface area contributed by atoms with E-state index >= 15 is 0 Å². The van der Waals surface area contributed by atoms with Crippen LogP contribution >= 0.6 is 27.3 Å². The van der Waals surface area contributed by atoms with Crippen LogP contribution in [0.1, 0.15) is 17.4 Å². The van der Waals surface area contributed by atoms with Crippen LogP contribution in [0.5, 0.6) is 0 Å². The summed E-state index contributed by atoms with van der Waals surface area (Å²) in [6, 6.07) is 8.33. The summed E-state index contributed by atoms with van der Waals surface area (Å²) < 4.78 is 14.7. The number of primary amides is 1. The smallest absolute Gasteiger partial charge is 0.242 e. The summed E-state index contributed by atoms with van der Waals surface area (Å²) in [5, 5.41) is 5.00. The van der Waals surface area contributed by atoms with Crippen LogP contribution in [0.4, 0.5) is 4.39 Å². The molecule has 2 aromatic rings. The molecule has 1 unspecified atom stereocenters. The predicted molar refractivity (Wildman–Crippen MR) is 81.8 cm³/mol. The normalized spacial score (nSPS) is 13.9. The number of hydrogen-bond acceptors (Lipinski definition) is 3. The number of carbonyl (C=O) groups is 1. The van der Waals surface area contributed by atoms with Crippen molar-refractivity contribution >= 4 is 33.2 Å². The summed E-state index contributed by atoms with van der Waals surface area (Å²) in [6.07, 6.45) is 0. The van der Waals surface area contributed by atoms with Gasteiger partial charge in [-0.05, 0) is 36.6 Å². The maximum absolute atomic E-state index is 14.0. The zero-order chi connectivity index (χ0) is 14.8. The summed E-state index contributed by atoms with van der Waals surface area (Å²) in [7, 11) is 0. The van der Waals surface area contributed by atoms with Crippen molar-refractivity contribution in [1.29, 1.82) is 0 Å². The standard InChI is InChI=1S/C14H14BrFN2OS/c1-14(13(17)19,18-8-10-3-2-6-20-10)11-7-9(15)4-5-12(11)16/h2-7,18H,8H2,1H3,(H2,17,19). The van der Waals surface area contributed by atoms with E-state index in [2.05, 4.69) is 21.2 Å². The van der Waals surface area contributed by atoms with Crippen molar-refractivity contribution in [3.05, 3.63) is 56.4 Å². The third-order valence-corrected chi connectivity index (χ3v) is 4.53. The molecule has 1 atom stereocenters. The van der Waals surface area contributed by atoms with Gasteiger partial charge in [0.2, 0.25) is 5.91 Å². The molecule has 0 fully saturated rings. The number of halogens is 2. The van der Waals surface area contributed by atoms with Gasteiger partial charge in [-0.25, -0.2) is 4.39 Å². The zero-order valence-corrected chi connectivity index (χ0v) is 13.2. The molecule has 3 N–H and O–H groups in total. The van der Waals surface area contributed by atoms with Crippen LogP contribution in [-0.2, 0) is 16.9 Å². The van der Waals surface area contributed by atoms with E-state index in [4.69, 9.17) is 5.73 Å². The van der Waals surface area contributed by atoms with E-state index in [1.807, 2.05) is 17.5 Å². The molecule has 106 valence electrons. The first-order valence-corrected chi connectivity index (χ1v) is 7.63. The van der Waals surface area contributed by atoms with E-state index in [1.165, 1.54) is 6.07 Å². The number of carbonyl (C=O) groups excluding carboxylic acids is 1. The Morgan fingerprint density at radius 3 is 2.85 bits per heavy atom. The Hall–Kier alpha value is -1.24. The maximum Gasteiger partial charge on any atom is 0.242 e. The Bertz CT molecular complexity index is 618. The maximum atomic E-state index is 14.0. The molecule has 0 aliphatic carbocycles. The molecule has 0 spiro atoms. The minimum Gasteiger partial charge on any atom is -0.368 e. The Labute approximate surface area is 129 Å². The van der Waals surface area contributed by atoms with Gasteiger partial charge in [0.15, 0.2) is 0 Å². The number of nitrogens with one attached hydrogen (secondary N) is 1. The fourth-order valence-electron chi connectivity index (χ4n) is 1.87. The fraction of sp³-hybridized carbons (Fsp3) is 0.214. The van der Waals surface area contributed by atoms with Crippen LogP contribution in [-0.4, -0.2) is 5.91 Å². The minimum atomic E-state index is -1.27. The quantitative estimate of drug-likeness (QED) is 0.864. The lowest BCUT2D eigenvalue weighted by Crippen LogP contribution is -2.50. The van der Waals surface area contributed by atoms with Crippen LogP contribution in [0.25, 0.3) is 0 Å². The van der Waals surface area contributed by atoms with E-state index in [-0.39, 0.29) is 5.56 Å². The van der Waals surface area contributed by atoms with Gasteiger partial charge >= 0.3 is 0 Å². The van der Waals surface area contributed by atoms with Crippen molar-refractivity contribution in [2.75, 3.05) is 0 Å². The Balaban J connectivity index is 2.33. The van der Waals surface area contributed by atoms with Gasteiger partial charge in [-0.2, -0.15) is 0 Å². The molecule has 0 aliphatic heterocycles. The van der Waals surface area contributed by atoms with E-state index in [1.54, 1.807) is 30.4 Å². The first-order chi connectivity index (χ1) is 9.43. The van der Waals surface area contributed by atoms with Gasteiger partial charge in [0.05, 0.1) is 0 Å². The van der Waals surface area contributed by atoms with Crippen molar-refractivity contribution in [2.24, 2.45) is 5.73 Å². The Morgan fingerprint density at radius 1 is 1.50 bits per heavy atom. The van der Waals surface area contributed by atoms with Crippen LogP contribution in [0.15, 0.2) is 40.2 Å². The lowest BCUT2D eigenvalue weighted by molar-refractivity contribution is -0.124. The Morgan fingerprint density at radius 2 is 2.25 bits per heavy atom. The molecule has 0 saturated carbocycles. The second-order valence-electron chi connectivity index (χ2n) is 4.55. The van der Waals surface area contributed by atoms with Crippen LogP contribution in [0.3, 0.4) is 0 Å². The van der Waals surface area contributed by atoms with Crippen molar-refractivity contribution in [1.82, 2.24) is 5.32 Å². The molecule has 2 rings (SSSR count). The molecule has 0 aliphatic rings. The van der Waals surface area contributed by atoms with Crippen molar-refractivity contribution < 1.29 is 9.18 Å². The molecule has 1 heterocycles. The zero-order valence-electron chi connectivity index (χ0n) is 10.8. The van der Waals surface area contributed by atoms with Gasteiger partial charge in [-0.15, -0.1) is 11.3 Å². The molecule has 20 heavy (non-hydrogen) atoms. The average molecular weight is 357 g/mol. The van der Waals surface area contributed by atoms with Crippen molar-refractivity contribution in [3.63, 3.8) is 0 Å². The van der Waals surface area contributed by atoms with E-state index in [9.17, 15) is 9.18 Å². The largest absolute Gasteiger partial charge is 0.368 e. The van der Waals surface area contributed by atoms with Gasteiger partial charge in [0.1, 0.15) is 11.4 Å². The molecule has 6 heteroatoms. The predicted octanol–water partition coefficient (Wildman–Crippen LogP) is 3.14. The van der Waals surface area contributed by atoms with E-state index in [0.717, 1.165) is 4.88 Å². The van der Waals surface area contributed by atoms with Gasteiger partial charge in [0.25, 0.3) is 0 Å². The lowest BCUT2D eigenvalue weighted by Gasteiger charge is -2.28. The molecule has 1 aromatic carbocycles. The summed E-state index contributed by atoms with van der Waals surface area (Å²) in [4.78, 5) is 12.9. The summed E-state index contributed by atoms with van der Waals surface area (Å²) in [5.41, 5.74) is 4.45. The van der Waals surface area contributed by atoms with Gasteiger partial charge in [-0.3, -0.25) is 10.1 Å². The van der Waals surface area contributed by atoms with Crippen LogP contribution < -0.4 is 11.1 Å². The first-order valence-electron chi connectivity index (χ1n) is 5.96. The van der Waals surface area contributed by atoms with E-state index in [0.29, 0.717) is 11.0 Å². The van der Waals surface area contributed by atoms with Crippen molar-refractivity contribution in [2.45, 2.75) is 19.0 Å². The highest BCUT2D eigenvalue weighted by Crippen LogP contribution is 2.27. The Kier molecular flexibility index (Phi) is 4.57. The lowest BCUT2D eigenvalue weighted by atomic mass is 9.90. The number of thiophene rings is 1. The highest BCUT2D eigenvalue weighted by atomic mass is 79.9. The number of hydrogen-bond donors (Lipinski definition) is 2. The summed E-state index contributed by atoms with van der Waals surface area (Å²) >= 11 is 4.84. The molecule has 1 amide bonds.